The second kappa shape index (κ2) is 17.6. The van der Waals surface area contributed by atoms with Gasteiger partial charge in [-0.3, -0.25) is 0 Å². The minimum atomic E-state index is -0.981. The first-order chi connectivity index (χ1) is 10.6. The number of hydrogen-bond donors (Lipinski definition) is 4. The molecular formula is C16H26O7. The number of unbranched alkanes of at least 4 members (excludes halogenated alkanes) is 1. The van der Waals surface area contributed by atoms with E-state index in [-0.39, 0.29) is 12.2 Å². The Morgan fingerprint density at radius 2 is 1.57 bits per heavy atom. The fraction of sp³-hybridized carbons (Fsp3) is 0.438. The van der Waals surface area contributed by atoms with Crippen LogP contribution in [0.3, 0.4) is 0 Å². The molecule has 0 atom stereocenters. The quantitative estimate of drug-likeness (QED) is 0.502. The van der Waals surface area contributed by atoms with Crippen molar-refractivity contribution in [1.82, 2.24) is 0 Å². The third-order valence-corrected chi connectivity index (χ3v) is 2.23. The highest BCUT2D eigenvalue weighted by Crippen LogP contribution is 2.03. The molecule has 0 saturated heterocycles. The molecule has 0 bridgehead atoms. The Kier molecular flexibility index (Phi) is 19.6. The summed E-state index contributed by atoms with van der Waals surface area (Å²) in [5.74, 6) is -2.78. The lowest BCUT2D eigenvalue weighted by molar-refractivity contribution is -0.133. The lowest BCUT2D eigenvalue weighted by Crippen LogP contribution is -1.97. The van der Waals surface area contributed by atoms with E-state index in [0.29, 0.717) is 18.4 Å². The summed E-state index contributed by atoms with van der Waals surface area (Å²) >= 11 is 0. The summed E-state index contributed by atoms with van der Waals surface area (Å²) in [6.07, 6.45) is 5.30. The van der Waals surface area contributed by atoms with Crippen LogP contribution in [-0.4, -0.2) is 44.9 Å². The van der Waals surface area contributed by atoms with Crippen LogP contribution in [0.15, 0.2) is 36.5 Å². The van der Waals surface area contributed by atoms with E-state index < -0.39 is 17.9 Å². The van der Waals surface area contributed by atoms with Crippen LogP contribution >= 0.6 is 0 Å². The molecule has 7 nitrogen and oxygen atoms in total. The van der Waals surface area contributed by atoms with Crippen molar-refractivity contribution < 1.29 is 34.8 Å². The monoisotopic (exact) mass is 330 g/mol. The van der Waals surface area contributed by atoms with Gasteiger partial charge in [0, 0.05) is 23.8 Å². The smallest absolute Gasteiger partial charge is 0.330 e. The van der Waals surface area contributed by atoms with Gasteiger partial charge in [-0.15, -0.1) is 0 Å². The highest BCUT2D eigenvalue weighted by molar-refractivity contribution is 5.86. The predicted octanol–water partition coefficient (Wildman–Crippen LogP) is 2.47. The van der Waals surface area contributed by atoms with E-state index in [4.69, 9.17) is 20.4 Å². The third-order valence-electron chi connectivity index (χ3n) is 2.23. The van der Waals surface area contributed by atoms with E-state index >= 15 is 0 Å². The van der Waals surface area contributed by atoms with E-state index in [1.54, 1.807) is 0 Å². The van der Waals surface area contributed by atoms with Crippen molar-refractivity contribution in [2.45, 2.75) is 39.5 Å². The zero-order valence-corrected chi connectivity index (χ0v) is 13.6. The number of aliphatic hydroxyl groups is 1. The number of rotatable bonds is 8. The molecule has 0 radical (unpaired) electrons. The topological polar surface area (TPSA) is 132 Å². The summed E-state index contributed by atoms with van der Waals surface area (Å²) < 4.78 is 0. The van der Waals surface area contributed by atoms with Crippen LogP contribution in [0.4, 0.5) is 0 Å². The average Bonchev–Trinajstić information content (AvgIpc) is 2.50. The molecule has 132 valence electrons. The standard InChI is InChI=1S/C7H12O2.C6H10O3.C3H4O2/c1-3-4-5-6(2)7(8)9;1-5(6(8)9)3-2-4-7;1-2-3(4)5/h2-5H2,1H3,(H,8,9);3,7H,2,4H2,1H3,(H,8,9);2H,1H2,(H,4,5). The highest BCUT2D eigenvalue weighted by atomic mass is 16.4. The van der Waals surface area contributed by atoms with Crippen molar-refractivity contribution in [1.29, 1.82) is 0 Å². The number of hydrogen-bond acceptors (Lipinski definition) is 4. The van der Waals surface area contributed by atoms with Gasteiger partial charge in [0.25, 0.3) is 0 Å². The third kappa shape index (κ3) is 24.9. The first kappa shape index (κ1) is 25.5. The molecule has 0 unspecified atom stereocenters. The second-order valence-corrected chi connectivity index (χ2v) is 4.26. The molecule has 0 aliphatic rings. The predicted molar refractivity (Wildman–Crippen MR) is 87.2 cm³/mol. The molecule has 0 aliphatic heterocycles. The van der Waals surface area contributed by atoms with Crippen LogP contribution in [0.5, 0.6) is 0 Å². The van der Waals surface area contributed by atoms with Crippen molar-refractivity contribution in [2.24, 2.45) is 0 Å². The molecule has 0 spiro atoms. The van der Waals surface area contributed by atoms with Crippen LogP contribution < -0.4 is 0 Å². The van der Waals surface area contributed by atoms with Gasteiger partial charge in [0.15, 0.2) is 0 Å². The summed E-state index contributed by atoms with van der Waals surface area (Å²) in [7, 11) is 0. The second-order valence-electron chi connectivity index (χ2n) is 4.26. The van der Waals surface area contributed by atoms with Crippen LogP contribution in [-0.2, 0) is 14.4 Å². The van der Waals surface area contributed by atoms with E-state index in [0.717, 1.165) is 18.9 Å². The zero-order chi connectivity index (χ0) is 18.8. The van der Waals surface area contributed by atoms with Crippen LogP contribution in [0, 0.1) is 0 Å². The van der Waals surface area contributed by atoms with E-state index in [1.165, 1.54) is 13.0 Å². The van der Waals surface area contributed by atoms with E-state index in [2.05, 4.69) is 13.2 Å². The lowest BCUT2D eigenvalue weighted by atomic mass is 10.1. The Hall–Kier alpha value is -2.41. The first-order valence-corrected chi connectivity index (χ1v) is 6.91. The molecule has 23 heavy (non-hydrogen) atoms. The molecule has 0 fully saturated rings. The molecule has 0 amide bonds. The molecule has 0 saturated carbocycles. The summed E-state index contributed by atoms with van der Waals surface area (Å²) in [5, 5.41) is 32.4. The van der Waals surface area contributed by atoms with Gasteiger partial charge in [0.2, 0.25) is 0 Å². The summed E-state index contributed by atoms with van der Waals surface area (Å²) in [6.45, 7) is 9.88. The highest BCUT2D eigenvalue weighted by Gasteiger charge is 2.00. The molecule has 0 aromatic rings. The molecular weight excluding hydrogens is 304 g/mol. The van der Waals surface area contributed by atoms with Gasteiger partial charge in [-0.2, -0.15) is 0 Å². The molecule has 7 heteroatoms. The van der Waals surface area contributed by atoms with Crippen LogP contribution in [0.2, 0.25) is 0 Å². The van der Waals surface area contributed by atoms with Gasteiger partial charge in [0.05, 0.1) is 0 Å². The zero-order valence-electron chi connectivity index (χ0n) is 13.6. The van der Waals surface area contributed by atoms with Crippen molar-refractivity contribution in [2.75, 3.05) is 6.61 Å². The molecule has 0 aliphatic carbocycles. The minimum absolute atomic E-state index is 0.00458. The Balaban J connectivity index is -0.000000273. The normalized spacial score (nSPS) is 9.43. The maximum atomic E-state index is 10.1. The van der Waals surface area contributed by atoms with Gasteiger partial charge in [-0.25, -0.2) is 14.4 Å². The molecule has 0 aromatic carbocycles. The van der Waals surface area contributed by atoms with E-state index in [1.807, 2.05) is 6.92 Å². The number of carboxylic acids is 3. The Bertz CT molecular complexity index is 422. The van der Waals surface area contributed by atoms with Gasteiger partial charge < -0.3 is 20.4 Å². The average molecular weight is 330 g/mol. The maximum absolute atomic E-state index is 10.1. The van der Waals surface area contributed by atoms with Crippen LogP contribution in [0.25, 0.3) is 0 Å². The molecule has 0 rings (SSSR count). The number of carboxylic acid groups (broad SMARTS) is 3. The van der Waals surface area contributed by atoms with Crippen molar-refractivity contribution in [3.8, 4) is 0 Å². The number of aliphatic hydroxyl groups excluding tert-OH is 1. The molecule has 4 N–H and O–H groups in total. The summed E-state index contributed by atoms with van der Waals surface area (Å²) in [4.78, 5) is 29.4. The lowest BCUT2D eigenvalue weighted by Gasteiger charge is -1.95. The first-order valence-electron chi connectivity index (χ1n) is 6.91. The van der Waals surface area contributed by atoms with Gasteiger partial charge in [-0.1, -0.05) is 32.6 Å². The maximum Gasteiger partial charge on any atom is 0.330 e. The molecule has 0 heterocycles. The Morgan fingerprint density at radius 3 is 1.83 bits per heavy atom. The fourth-order valence-electron chi connectivity index (χ4n) is 0.865. The van der Waals surface area contributed by atoms with Crippen molar-refractivity contribution in [3.05, 3.63) is 36.5 Å². The van der Waals surface area contributed by atoms with Gasteiger partial charge in [0.1, 0.15) is 0 Å². The van der Waals surface area contributed by atoms with Crippen molar-refractivity contribution in [3.63, 3.8) is 0 Å². The summed E-state index contributed by atoms with van der Waals surface area (Å²) in [5.41, 5.74) is 0.598. The van der Waals surface area contributed by atoms with Crippen molar-refractivity contribution >= 4 is 17.9 Å². The van der Waals surface area contributed by atoms with Gasteiger partial charge in [-0.05, 0) is 26.2 Å². The summed E-state index contributed by atoms with van der Waals surface area (Å²) in [6, 6.07) is 0. The van der Waals surface area contributed by atoms with E-state index in [9.17, 15) is 14.4 Å². The largest absolute Gasteiger partial charge is 0.478 e. The SMILES string of the molecule is C=C(CCCC)C(=O)O.C=CC(=O)O.CC(=CCCO)C(=O)O. The minimum Gasteiger partial charge on any atom is -0.478 e. The Labute approximate surface area is 136 Å². The van der Waals surface area contributed by atoms with Crippen LogP contribution in [0.1, 0.15) is 39.5 Å². The number of carbonyl (C=O) groups is 3. The number of aliphatic carboxylic acids is 3. The Morgan fingerprint density at radius 1 is 1.09 bits per heavy atom. The van der Waals surface area contributed by atoms with Gasteiger partial charge >= 0.3 is 17.9 Å². The molecule has 0 aromatic heterocycles. The fourth-order valence-corrected chi connectivity index (χ4v) is 0.865.